The number of hydrogen-bond donors (Lipinski definition) is 5. The molecule has 1 aliphatic heterocycles. The van der Waals surface area contributed by atoms with Gasteiger partial charge < -0.3 is 31.9 Å². The van der Waals surface area contributed by atoms with Crippen LogP contribution in [-0.4, -0.2) is 64.4 Å². The van der Waals surface area contributed by atoms with Crippen LogP contribution in [-0.2, 0) is 13.8 Å². The second kappa shape index (κ2) is 7.05. The molecule has 4 atom stereocenters. The standard InChI is InChI=1S/C10H14N5O7P.Li.H/c11-8-5-9(13-2-12-8)15(3-14-5)10-7(17)6(16)4(22-10)1-21-23(18,19)20;;/h2-4,6-7,10,16-17H,1H2,(H2,11,12,13)(H2,18,19,20);;/q;+1;-1/t4-,6-,7-,10-;;/m1../s1. The first-order valence-electron chi connectivity index (χ1n) is 6.42. The zero-order valence-corrected chi connectivity index (χ0v) is 13.4. The van der Waals surface area contributed by atoms with E-state index in [-0.39, 0.29) is 31.8 Å². The van der Waals surface area contributed by atoms with Gasteiger partial charge in [0.1, 0.15) is 30.2 Å². The van der Waals surface area contributed by atoms with Crippen LogP contribution in [0.4, 0.5) is 5.82 Å². The third kappa shape index (κ3) is 3.62. The van der Waals surface area contributed by atoms with E-state index in [4.69, 9.17) is 20.3 Å². The SMILES string of the molecule is Nc1ncnc2c1ncn2[C@@H]1O[C@H](COP(=O)(O)O)[C@@H](O)[C@H]1O.[H-].[Li+]. The number of imidazole rings is 1. The number of phosphoric acid groups is 1. The van der Waals surface area contributed by atoms with Crippen molar-refractivity contribution in [2.24, 2.45) is 0 Å². The van der Waals surface area contributed by atoms with Crippen molar-refractivity contribution in [2.75, 3.05) is 12.3 Å². The summed E-state index contributed by atoms with van der Waals surface area (Å²) in [5, 5.41) is 20.1. The molecule has 2 aromatic heterocycles. The third-order valence-electron chi connectivity index (χ3n) is 3.41. The monoisotopic (exact) mass is 355 g/mol. The van der Waals surface area contributed by atoms with Crippen LogP contribution >= 0.6 is 7.82 Å². The van der Waals surface area contributed by atoms with Gasteiger partial charge in [0.25, 0.3) is 0 Å². The summed E-state index contributed by atoms with van der Waals surface area (Å²) in [7, 11) is -4.72. The van der Waals surface area contributed by atoms with Crippen LogP contribution in [0.3, 0.4) is 0 Å². The van der Waals surface area contributed by atoms with E-state index in [2.05, 4.69) is 19.5 Å². The van der Waals surface area contributed by atoms with Crippen molar-refractivity contribution >= 4 is 24.8 Å². The van der Waals surface area contributed by atoms with E-state index in [1.807, 2.05) is 0 Å². The van der Waals surface area contributed by atoms with Crippen molar-refractivity contribution in [2.45, 2.75) is 24.5 Å². The molecule has 1 fully saturated rings. The predicted octanol–water partition coefficient (Wildman–Crippen LogP) is -4.75. The van der Waals surface area contributed by atoms with E-state index in [1.54, 1.807) is 0 Å². The number of ether oxygens (including phenoxy) is 1. The van der Waals surface area contributed by atoms with E-state index >= 15 is 0 Å². The van der Waals surface area contributed by atoms with Crippen molar-refractivity contribution in [3.05, 3.63) is 12.7 Å². The quantitative estimate of drug-likeness (QED) is 0.262. The zero-order chi connectivity index (χ0) is 16.8. The summed E-state index contributed by atoms with van der Waals surface area (Å²) >= 11 is 0. The first kappa shape index (κ1) is 19.3. The second-order valence-electron chi connectivity index (χ2n) is 4.92. The average Bonchev–Trinajstić information content (AvgIpc) is 3.01. The third-order valence-corrected chi connectivity index (χ3v) is 3.89. The van der Waals surface area contributed by atoms with Gasteiger partial charge in [-0.1, -0.05) is 0 Å². The fourth-order valence-electron chi connectivity index (χ4n) is 2.32. The van der Waals surface area contributed by atoms with Crippen LogP contribution in [0.15, 0.2) is 12.7 Å². The van der Waals surface area contributed by atoms with Gasteiger partial charge in [-0.05, 0) is 0 Å². The molecule has 3 heterocycles. The summed E-state index contributed by atoms with van der Waals surface area (Å²) in [6.45, 7) is -0.594. The van der Waals surface area contributed by atoms with Gasteiger partial charge >= 0.3 is 26.7 Å². The topological polar surface area (TPSA) is 186 Å². The molecule has 3 rings (SSSR count). The van der Waals surface area contributed by atoms with Gasteiger partial charge in [-0.15, -0.1) is 0 Å². The molecule has 2 aromatic rings. The Morgan fingerprint density at radius 2 is 2.04 bits per heavy atom. The maximum atomic E-state index is 10.7. The summed E-state index contributed by atoms with van der Waals surface area (Å²) in [6.07, 6.45) is -2.49. The number of phosphoric ester groups is 1. The molecule has 0 aliphatic carbocycles. The van der Waals surface area contributed by atoms with Gasteiger partial charge in [0, 0.05) is 0 Å². The van der Waals surface area contributed by atoms with Crippen LogP contribution in [0.5, 0.6) is 0 Å². The van der Waals surface area contributed by atoms with Gasteiger partial charge in [0.15, 0.2) is 17.7 Å². The zero-order valence-electron chi connectivity index (χ0n) is 13.5. The maximum absolute atomic E-state index is 10.7. The number of nitrogen functional groups attached to an aromatic ring is 1. The number of aliphatic hydroxyl groups is 2. The molecule has 14 heteroatoms. The Balaban J connectivity index is 0.00000156. The minimum atomic E-state index is -4.72. The first-order chi connectivity index (χ1) is 10.8. The predicted molar refractivity (Wildman–Crippen MR) is 74.8 cm³/mol. The molecule has 24 heavy (non-hydrogen) atoms. The van der Waals surface area contributed by atoms with Gasteiger partial charge in [-0.3, -0.25) is 9.09 Å². The van der Waals surface area contributed by atoms with Crippen LogP contribution < -0.4 is 24.6 Å². The first-order valence-corrected chi connectivity index (χ1v) is 7.95. The van der Waals surface area contributed by atoms with Crippen LogP contribution in [0.2, 0.25) is 0 Å². The molecule has 0 bridgehead atoms. The minimum absolute atomic E-state index is 0. The molecule has 0 spiro atoms. The van der Waals surface area contributed by atoms with Crippen LogP contribution in [0.25, 0.3) is 11.2 Å². The summed E-state index contributed by atoms with van der Waals surface area (Å²) in [5.41, 5.74) is 6.25. The molecule has 0 radical (unpaired) electrons. The fraction of sp³-hybridized carbons (Fsp3) is 0.500. The Morgan fingerprint density at radius 1 is 1.33 bits per heavy atom. The molecule has 0 aromatic carbocycles. The molecule has 128 valence electrons. The number of nitrogens with two attached hydrogens (primary N) is 1. The van der Waals surface area contributed by atoms with Gasteiger partial charge in [-0.2, -0.15) is 0 Å². The number of aliphatic hydroxyl groups excluding tert-OH is 2. The molecule has 0 unspecified atom stereocenters. The second-order valence-corrected chi connectivity index (χ2v) is 6.15. The number of anilines is 1. The number of rotatable bonds is 4. The number of nitrogens with zero attached hydrogens (tertiary/aromatic N) is 4. The Morgan fingerprint density at radius 3 is 2.71 bits per heavy atom. The molecule has 6 N–H and O–H groups in total. The normalized spacial score (nSPS) is 27.3. The van der Waals surface area contributed by atoms with Crippen molar-refractivity contribution in [1.82, 2.24) is 19.5 Å². The van der Waals surface area contributed by atoms with E-state index in [0.717, 1.165) is 0 Å². The Labute approximate surface area is 148 Å². The molecule has 1 saturated heterocycles. The smallest absolute Gasteiger partial charge is 1.00 e. The number of aromatic nitrogens is 4. The van der Waals surface area contributed by atoms with Gasteiger partial charge in [-0.25, -0.2) is 19.5 Å². The van der Waals surface area contributed by atoms with E-state index in [9.17, 15) is 14.8 Å². The van der Waals surface area contributed by atoms with Crippen molar-refractivity contribution in [3.63, 3.8) is 0 Å². The van der Waals surface area contributed by atoms with Crippen LogP contribution in [0.1, 0.15) is 7.65 Å². The van der Waals surface area contributed by atoms with Crippen molar-refractivity contribution in [3.8, 4) is 0 Å². The molecular formula is C10H15LiN5O7P. The fourth-order valence-corrected chi connectivity index (χ4v) is 2.66. The molecule has 12 nitrogen and oxygen atoms in total. The summed E-state index contributed by atoms with van der Waals surface area (Å²) < 4.78 is 21.8. The van der Waals surface area contributed by atoms with E-state index in [1.165, 1.54) is 17.2 Å². The Bertz CT molecular complexity index is 775. The van der Waals surface area contributed by atoms with Gasteiger partial charge in [0.2, 0.25) is 0 Å². The van der Waals surface area contributed by atoms with Crippen molar-refractivity contribution in [1.29, 1.82) is 0 Å². The van der Waals surface area contributed by atoms with Gasteiger partial charge in [0.05, 0.1) is 12.9 Å². The summed E-state index contributed by atoms with van der Waals surface area (Å²) in [5.74, 6) is 0.142. The van der Waals surface area contributed by atoms with E-state index in [0.29, 0.717) is 5.52 Å². The summed E-state index contributed by atoms with van der Waals surface area (Å²) in [6, 6.07) is 0. The molecule has 1 aliphatic rings. The molecule has 0 saturated carbocycles. The molecular weight excluding hydrogens is 340 g/mol. The largest absolute Gasteiger partial charge is 1.00 e. The van der Waals surface area contributed by atoms with Crippen LogP contribution in [0, 0.1) is 0 Å². The number of hydrogen-bond acceptors (Lipinski definition) is 9. The number of fused-ring (bicyclic) bond motifs is 1. The average molecular weight is 355 g/mol. The maximum Gasteiger partial charge on any atom is 1.00 e. The summed E-state index contributed by atoms with van der Waals surface area (Å²) in [4.78, 5) is 29.2. The van der Waals surface area contributed by atoms with Crippen molar-refractivity contribution < 1.29 is 54.1 Å². The molecule has 0 amide bonds. The van der Waals surface area contributed by atoms with E-state index < -0.39 is 39.0 Å². The Hall–Kier alpha value is -1.06. The Kier molecular flexibility index (Phi) is 5.66. The minimum Gasteiger partial charge on any atom is -1.00 e.